The molecular weight excluding hydrogens is 246 g/mol. The second kappa shape index (κ2) is 8.96. The van der Waals surface area contributed by atoms with Gasteiger partial charge in [0.2, 0.25) is 0 Å². The van der Waals surface area contributed by atoms with Gasteiger partial charge < -0.3 is 6.92 Å². The summed E-state index contributed by atoms with van der Waals surface area (Å²) in [4.78, 5) is 11.5. The molecule has 0 saturated heterocycles. The molecule has 1 atom stereocenters. The number of benzene rings is 1. The maximum atomic E-state index is 11.5. The zero-order valence-corrected chi connectivity index (χ0v) is 14.9. The Morgan fingerprint density at radius 2 is 1.11 bits per heavy atom. The van der Waals surface area contributed by atoms with E-state index in [-0.39, 0.29) is 24.4 Å². The molecular formula is C16H26LiOP. The molecule has 0 bridgehead atoms. The molecule has 0 fully saturated rings. The topological polar surface area (TPSA) is 17.1 Å². The van der Waals surface area contributed by atoms with Gasteiger partial charge in [0.25, 0.3) is 0 Å². The van der Waals surface area contributed by atoms with Crippen LogP contribution in [0.25, 0.3) is 0 Å². The maximum absolute atomic E-state index is 11.5. The second-order valence-electron chi connectivity index (χ2n) is 5.26. The molecule has 1 aromatic carbocycles. The van der Waals surface area contributed by atoms with Crippen molar-refractivity contribution in [2.24, 2.45) is 5.92 Å². The average Bonchev–Trinajstić information content (AvgIpc) is 2.22. The van der Waals surface area contributed by atoms with Crippen molar-refractivity contribution in [2.45, 2.75) is 48.5 Å². The number of hydrogen-bond acceptors (Lipinski definition) is 1. The van der Waals surface area contributed by atoms with Crippen molar-refractivity contribution in [3.63, 3.8) is 0 Å². The predicted octanol–water partition coefficient (Wildman–Crippen LogP) is 1.72. The van der Waals surface area contributed by atoms with E-state index in [4.69, 9.17) is 0 Å². The first kappa shape index (κ1) is 21.2. The fraction of sp³-hybridized carbons (Fsp3) is 0.500. The third-order valence-corrected chi connectivity index (χ3v) is 3.54. The molecule has 0 saturated carbocycles. The van der Waals surface area contributed by atoms with E-state index < -0.39 is 0 Å². The van der Waals surface area contributed by atoms with Crippen LogP contribution in [0.5, 0.6) is 0 Å². The van der Waals surface area contributed by atoms with Gasteiger partial charge in [-0.25, -0.2) is 0 Å². The van der Waals surface area contributed by atoms with E-state index in [1.54, 1.807) is 0 Å². The maximum Gasteiger partial charge on any atom is 1.00 e. The van der Waals surface area contributed by atoms with Crippen molar-refractivity contribution in [3.05, 3.63) is 40.3 Å². The quantitative estimate of drug-likeness (QED) is 0.432. The third kappa shape index (κ3) is 5.82. The summed E-state index contributed by atoms with van der Waals surface area (Å²) in [6, 6.07) is 0. The van der Waals surface area contributed by atoms with E-state index in [1.165, 1.54) is 16.7 Å². The van der Waals surface area contributed by atoms with E-state index in [1.807, 2.05) is 13.8 Å². The van der Waals surface area contributed by atoms with Crippen molar-refractivity contribution in [3.8, 4) is 0 Å². The summed E-state index contributed by atoms with van der Waals surface area (Å²) in [5.74, 6) is 0.583. The van der Waals surface area contributed by atoms with Crippen LogP contribution in [0.4, 0.5) is 0 Å². The molecule has 0 N–H and O–H groups in total. The summed E-state index contributed by atoms with van der Waals surface area (Å²) in [6.07, 6.45) is 0. The fourth-order valence-corrected chi connectivity index (χ4v) is 2.30. The first-order valence-electron chi connectivity index (χ1n) is 6.31. The molecule has 1 rings (SSSR count). The molecule has 19 heavy (non-hydrogen) atoms. The van der Waals surface area contributed by atoms with Crippen molar-refractivity contribution in [2.75, 3.05) is 0 Å². The van der Waals surface area contributed by atoms with Crippen LogP contribution in [0, 0.1) is 47.5 Å². The zero-order chi connectivity index (χ0) is 14.6. The van der Waals surface area contributed by atoms with Gasteiger partial charge in [-0.05, 0) is 62.4 Å². The predicted molar refractivity (Wildman–Crippen MR) is 84.4 cm³/mol. The van der Waals surface area contributed by atoms with Crippen LogP contribution >= 0.6 is 9.24 Å². The van der Waals surface area contributed by atoms with Gasteiger partial charge in [-0.3, -0.25) is 4.79 Å². The zero-order valence-electron chi connectivity index (χ0n) is 13.8. The average molecular weight is 272 g/mol. The monoisotopic (exact) mass is 272 g/mol. The molecule has 0 spiro atoms. The molecule has 0 heterocycles. The number of rotatable bonds is 1. The summed E-state index contributed by atoms with van der Waals surface area (Å²) >= 11 is 0. The molecule has 102 valence electrons. The molecule has 1 aromatic rings. The molecule has 3 heteroatoms. The SMILES string of the molecule is Cc1c(C)c(C)c(C(=O)P)c(C)c1C.[CH2-]C(C)C.[Li+]. The van der Waals surface area contributed by atoms with Gasteiger partial charge in [0, 0.05) is 5.56 Å². The Morgan fingerprint density at radius 1 is 0.895 bits per heavy atom. The van der Waals surface area contributed by atoms with Crippen LogP contribution in [0.1, 0.15) is 52.0 Å². The van der Waals surface area contributed by atoms with Crippen LogP contribution in [0.2, 0.25) is 0 Å². The summed E-state index contributed by atoms with van der Waals surface area (Å²) in [5, 5.41) is 0. The molecule has 0 aliphatic rings. The first-order valence-corrected chi connectivity index (χ1v) is 6.88. The normalized spacial score (nSPS) is 9.58. The van der Waals surface area contributed by atoms with Crippen LogP contribution in [0.15, 0.2) is 0 Å². The standard InChI is InChI=1S/C12H17OP.C4H9.Li/c1-6-7(2)9(4)11(12(13)14)10(5)8(6)3;1-4(2)3;/h14H2,1-5H3;4H,1H2,2-3H3;/q;-1;+1. The minimum atomic E-state index is 0. The van der Waals surface area contributed by atoms with Crippen LogP contribution in [0.3, 0.4) is 0 Å². The number of hydrogen-bond donors (Lipinski definition) is 0. The van der Waals surface area contributed by atoms with E-state index in [2.05, 4.69) is 50.8 Å². The van der Waals surface area contributed by atoms with Crippen LogP contribution in [-0.4, -0.2) is 5.52 Å². The summed E-state index contributed by atoms with van der Waals surface area (Å²) in [5.41, 5.74) is 6.96. The molecule has 1 nitrogen and oxygen atoms in total. The Labute approximate surface area is 133 Å². The number of carbonyl (C=O) groups excluding carboxylic acids is 1. The van der Waals surface area contributed by atoms with Gasteiger partial charge >= 0.3 is 18.9 Å². The minimum Gasteiger partial charge on any atom is -0.341 e. The van der Waals surface area contributed by atoms with Crippen LogP contribution in [-0.2, 0) is 0 Å². The fourth-order valence-electron chi connectivity index (χ4n) is 1.87. The molecule has 0 aliphatic heterocycles. The minimum absolute atomic E-state index is 0. The van der Waals surface area contributed by atoms with E-state index in [0.717, 1.165) is 16.7 Å². The molecule has 0 radical (unpaired) electrons. The van der Waals surface area contributed by atoms with Crippen molar-refractivity contribution >= 4 is 14.8 Å². The second-order valence-corrected chi connectivity index (χ2v) is 5.78. The van der Waals surface area contributed by atoms with Gasteiger partial charge in [0.05, 0.1) is 0 Å². The number of carbonyl (C=O) groups is 1. The molecule has 0 aromatic heterocycles. The summed E-state index contributed by atoms with van der Waals surface area (Å²) in [6.45, 7) is 18.1. The smallest absolute Gasteiger partial charge is 0.341 e. The van der Waals surface area contributed by atoms with Crippen molar-refractivity contribution in [1.29, 1.82) is 0 Å². The summed E-state index contributed by atoms with van der Waals surface area (Å²) < 4.78 is 0. The van der Waals surface area contributed by atoms with Gasteiger partial charge in [-0.2, -0.15) is 5.92 Å². The largest absolute Gasteiger partial charge is 1.00 e. The first-order chi connectivity index (χ1) is 8.11. The Kier molecular flexibility index (Phi) is 10.0. The Hall–Kier alpha value is -0.0826. The summed E-state index contributed by atoms with van der Waals surface area (Å²) in [7, 11) is 2.26. The van der Waals surface area contributed by atoms with E-state index >= 15 is 0 Å². The van der Waals surface area contributed by atoms with Crippen molar-refractivity contribution < 1.29 is 23.7 Å². The van der Waals surface area contributed by atoms with Crippen LogP contribution < -0.4 is 18.9 Å². The van der Waals surface area contributed by atoms with Crippen molar-refractivity contribution in [1.82, 2.24) is 0 Å². The van der Waals surface area contributed by atoms with E-state index in [0.29, 0.717) is 5.92 Å². The van der Waals surface area contributed by atoms with Gasteiger partial charge in [-0.15, -0.1) is 0 Å². The Balaban J connectivity index is 0. The van der Waals surface area contributed by atoms with Gasteiger partial charge in [-0.1, -0.05) is 23.1 Å². The van der Waals surface area contributed by atoms with Gasteiger partial charge in [0.1, 0.15) is 0 Å². The Bertz CT molecular complexity index is 419. The van der Waals surface area contributed by atoms with E-state index in [9.17, 15) is 4.79 Å². The molecule has 1 unspecified atom stereocenters. The molecule has 0 amide bonds. The van der Waals surface area contributed by atoms with Gasteiger partial charge in [0.15, 0.2) is 5.52 Å². The Morgan fingerprint density at radius 3 is 1.32 bits per heavy atom. The molecule has 0 aliphatic carbocycles. The third-order valence-electron chi connectivity index (χ3n) is 3.25.